The van der Waals surface area contributed by atoms with Crippen molar-refractivity contribution >= 4 is 23.4 Å². The molecule has 56 valence electrons. The molecule has 0 amide bonds. The summed E-state index contributed by atoms with van der Waals surface area (Å²) >= 11 is 7.55. The van der Waals surface area contributed by atoms with Gasteiger partial charge < -0.3 is 10.1 Å². The first kappa shape index (κ1) is 6.83. The third kappa shape index (κ3) is 1.13. The summed E-state index contributed by atoms with van der Waals surface area (Å²) in [6.07, 6.45) is 2.06. The fraction of sp³-hybridized carbons (Fsp3) is 0.667. The number of hydrogen-bond acceptors (Lipinski definition) is 3. The summed E-state index contributed by atoms with van der Waals surface area (Å²) in [5.41, 5.74) is 1.25. The van der Waals surface area contributed by atoms with Gasteiger partial charge in [0, 0.05) is 5.70 Å². The van der Waals surface area contributed by atoms with Crippen LogP contribution in [0.4, 0.5) is 0 Å². The monoisotopic (exact) mass is 177 g/mol. The van der Waals surface area contributed by atoms with Crippen molar-refractivity contribution in [2.24, 2.45) is 0 Å². The van der Waals surface area contributed by atoms with E-state index >= 15 is 0 Å². The molecule has 4 heteroatoms. The quantitative estimate of drug-likeness (QED) is 0.443. The number of rotatable bonds is 0. The van der Waals surface area contributed by atoms with Crippen LogP contribution >= 0.6 is 23.4 Å². The first-order valence-electron chi connectivity index (χ1n) is 3.20. The van der Waals surface area contributed by atoms with Gasteiger partial charge in [-0.2, -0.15) is 0 Å². The van der Waals surface area contributed by atoms with Crippen LogP contribution in [0.1, 0.15) is 0 Å². The van der Waals surface area contributed by atoms with Crippen molar-refractivity contribution in [3.05, 3.63) is 11.8 Å². The predicted molar refractivity (Wildman–Crippen MR) is 43.1 cm³/mol. The molecule has 0 aliphatic carbocycles. The van der Waals surface area contributed by atoms with Crippen LogP contribution in [-0.2, 0) is 4.74 Å². The normalized spacial score (nSPS) is 38.3. The summed E-state index contributed by atoms with van der Waals surface area (Å²) in [4.78, 5) is 0.0398. The molecular weight excluding hydrogens is 170 g/mol. The first-order valence-corrected chi connectivity index (χ1v) is 4.58. The third-order valence-corrected chi connectivity index (χ3v) is 3.09. The lowest BCUT2D eigenvalue weighted by Crippen LogP contribution is -2.22. The molecule has 0 radical (unpaired) electrons. The van der Waals surface area contributed by atoms with Crippen molar-refractivity contribution in [2.45, 2.75) is 10.1 Å². The first-order chi connectivity index (χ1) is 4.86. The van der Waals surface area contributed by atoms with Crippen LogP contribution in [0.15, 0.2) is 11.8 Å². The number of halogens is 1. The van der Waals surface area contributed by atoms with Gasteiger partial charge in [-0.05, 0) is 6.08 Å². The average molecular weight is 178 g/mol. The molecule has 2 rings (SSSR count). The van der Waals surface area contributed by atoms with Crippen LogP contribution in [-0.4, -0.2) is 23.3 Å². The molecular formula is C6H8ClNOS. The number of ether oxygens (including phenoxy) is 1. The Hall–Kier alpha value is 0.140. The SMILES string of the molecule is ClC1NC2=CCOCC2S1. The van der Waals surface area contributed by atoms with E-state index < -0.39 is 0 Å². The Morgan fingerprint density at radius 3 is 3.50 bits per heavy atom. The Morgan fingerprint density at radius 2 is 2.70 bits per heavy atom. The molecule has 2 heterocycles. The van der Waals surface area contributed by atoms with Crippen LogP contribution in [0, 0.1) is 0 Å². The number of hydrogen-bond donors (Lipinski definition) is 1. The standard InChI is InChI=1S/C6H8ClNOS/c7-6-8-4-1-2-9-3-5(4)10-6/h1,5-6,8H,2-3H2. The van der Waals surface area contributed by atoms with E-state index in [4.69, 9.17) is 16.3 Å². The van der Waals surface area contributed by atoms with Gasteiger partial charge in [0.15, 0.2) is 0 Å². The van der Waals surface area contributed by atoms with E-state index in [1.807, 2.05) is 0 Å². The largest absolute Gasteiger partial charge is 0.376 e. The highest BCUT2D eigenvalue weighted by molar-refractivity contribution is 8.02. The Labute approximate surface area is 69.0 Å². The van der Waals surface area contributed by atoms with E-state index in [9.17, 15) is 0 Å². The van der Waals surface area contributed by atoms with Crippen LogP contribution in [0.5, 0.6) is 0 Å². The lowest BCUT2D eigenvalue weighted by molar-refractivity contribution is 0.157. The van der Waals surface area contributed by atoms with Crippen molar-refractivity contribution in [1.29, 1.82) is 0 Å². The van der Waals surface area contributed by atoms with Crippen molar-refractivity contribution < 1.29 is 4.74 Å². The number of thioether (sulfide) groups is 1. The third-order valence-electron chi connectivity index (χ3n) is 1.60. The molecule has 1 saturated heterocycles. The summed E-state index contributed by atoms with van der Waals surface area (Å²) in [7, 11) is 0. The van der Waals surface area contributed by atoms with E-state index in [0.29, 0.717) is 5.25 Å². The minimum atomic E-state index is 0.0398. The Bertz CT molecular complexity index is 173. The molecule has 10 heavy (non-hydrogen) atoms. The highest BCUT2D eigenvalue weighted by Gasteiger charge is 2.29. The second-order valence-corrected chi connectivity index (χ2v) is 4.29. The molecule has 1 fully saturated rings. The zero-order valence-corrected chi connectivity index (χ0v) is 6.91. The Balaban J connectivity index is 2.13. The molecule has 2 aliphatic heterocycles. The molecule has 2 unspecified atom stereocenters. The van der Waals surface area contributed by atoms with Gasteiger partial charge in [0.2, 0.25) is 0 Å². The molecule has 0 aromatic heterocycles. The average Bonchev–Trinajstić information content (AvgIpc) is 2.27. The summed E-state index contributed by atoms with van der Waals surface area (Å²) < 4.78 is 5.24. The Morgan fingerprint density at radius 1 is 1.80 bits per heavy atom. The highest BCUT2D eigenvalue weighted by Crippen LogP contribution is 2.33. The summed E-state index contributed by atoms with van der Waals surface area (Å²) in [5.74, 6) is 0. The molecule has 2 atom stereocenters. The molecule has 0 spiro atoms. The molecule has 2 nitrogen and oxygen atoms in total. The Kier molecular flexibility index (Phi) is 1.80. The molecule has 0 aromatic rings. The predicted octanol–water partition coefficient (Wildman–Crippen LogP) is 1.13. The van der Waals surface area contributed by atoms with Gasteiger partial charge >= 0.3 is 0 Å². The lowest BCUT2D eigenvalue weighted by atomic mass is 10.3. The van der Waals surface area contributed by atoms with E-state index in [0.717, 1.165) is 13.2 Å². The van der Waals surface area contributed by atoms with Crippen molar-refractivity contribution in [1.82, 2.24) is 5.32 Å². The van der Waals surface area contributed by atoms with Crippen LogP contribution in [0.2, 0.25) is 0 Å². The molecule has 2 aliphatic rings. The van der Waals surface area contributed by atoms with Crippen molar-refractivity contribution in [3.8, 4) is 0 Å². The minimum Gasteiger partial charge on any atom is -0.376 e. The summed E-state index contributed by atoms with van der Waals surface area (Å²) in [6, 6.07) is 0. The van der Waals surface area contributed by atoms with Gasteiger partial charge in [-0.15, -0.1) is 11.8 Å². The van der Waals surface area contributed by atoms with Crippen LogP contribution in [0.3, 0.4) is 0 Å². The molecule has 0 aromatic carbocycles. The fourth-order valence-electron chi connectivity index (χ4n) is 1.12. The zero-order valence-electron chi connectivity index (χ0n) is 5.34. The smallest absolute Gasteiger partial charge is 0.149 e. The number of nitrogens with one attached hydrogen (secondary N) is 1. The maximum atomic E-state index is 5.84. The van der Waals surface area contributed by atoms with E-state index in [1.165, 1.54) is 5.70 Å². The second-order valence-electron chi connectivity index (χ2n) is 2.28. The van der Waals surface area contributed by atoms with E-state index in [2.05, 4.69) is 11.4 Å². The van der Waals surface area contributed by atoms with Crippen molar-refractivity contribution in [2.75, 3.05) is 13.2 Å². The van der Waals surface area contributed by atoms with Crippen molar-refractivity contribution in [3.63, 3.8) is 0 Å². The second kappa shape index (κ2) is 2.64. The number of alkyl halides is 1. The lowest BCUT2D eigenvalue weighted by Gasteiger charge is -2.14. The van der Waals surface area contributed by atoms with Crippen LogP contribution in [0.25, 0.3) is 0 Å². The van der Waals surface area contributed by atoms with Crippen LogP contribution < -0.4 is 5.32 Å². The number of fused-ring (bicyclic) bond motifs is 1. The zero-order chi connectivity index (χ0) is 6.97. The fourth-order valence-corrected chi connectivity index (χ4v) is 2.60. The summed E-state index contributed by atoms with van der Waals surface area (Å²) in [6.45, 7) is 1.52. The van der Waals surface area contributed by atoms with Gasteiger partial charge in [0.1, 0.15) is 4.83 Å². The van der Waals surface area contributed by atoms with Gasteiger partial charge in [-0.25, -0.2) is 0 Å². The van der Waals surface area contributed by atoms with E-state index in [1.54, 1.807) is 11.8 Å². The van der Waals surface area contributed by atoms with Gasteiger partial charge in [-0.3, -0.25) is 0 Å². The molecule has 0 bridgehead atoms. The van der Waals surface area contributed by atoms with E-state index in [-0.39, 0.29) is 4.83 Å². The van der Waals surface area contributed by atoms with Gasteiger partial charge in [0.05, 0.1) is 18.5 Å². The maximum Gasteiger partial charge on any atom is 0.149 e. The highest BCUT2D eigenvalue weighted by atomic mass is 35.5. The topological polar surface area (TPSA) is 21.3 Å². The maximum absolute atomic E-state index is 5.84. The van der Waals surface area contributed by atoms with Gasteiger partial charge in [-0.1, -0.05) is 11.6 Å². The molecule has 1 N–H and O–H groups in total. The minimum absolute atomic E-state index is 0.0398. The van der Waals surface area contributed by atoms with Gasteiger partial charge in [0.25, 0.3) is 0 Å². The molecule has 0 saturated carbocycles. The summed E-state index contributed by atoms with van der Waals surface area (Å²) in [5, 5.41) is 3.62.